The number of amides is 3. The first-order chi connectivity index (χ1) is 27.9. The molecule has 4 heterocycles. The third kappa shape index (κ3) is 8.20. The van der Waals surface area contributed by atoms with Gasteiger partial charge in [-0.15, -0.1) is 0 Å². The van der Waals surface area contributed by atoms with Crippen LogP contribution in [0.3, 0.4) is 0 Å². The number of nitrogens with zero attached hydrogens (tertiary/aromatic N) is 4. The first-order valence-corrected chi connectivity index (χ1v) is 19.4. The Kier molecular flexibility index (Phi) is 11.7. The fraction of sp³-hybridized carbons (Fsp3) is 0.349. The number of methoxy groups -OCH3 is 1. The van der Waals surface area contributed by atoms with E-state index in [9.17, 15) is 24.3 Å². The summed E-state index contributed by atoms with van der Waals surface area (Å²) in [7, 11) is 1.30. The van der Waals surface area contributed by atoms with Gasteiger partial charge in [0, 0.05) is 24.2 Å². The maximum Gasteiger partial charge on any atom is 0.405 e. The van der Waals surface area contributed by atoms with E-state index < -0.39 is 47.6 Å². The molecule has 2 fully saturated rings. The van der Waals surface area contributed by atoms with Gasteiger partial charge in [-0.05, 0) is 72.6 Å². The molecule has 58 heavy (non-hydrogen) atoms. The molecule has 0 aliphatic carbocycles. The van der Waals surface area contributed by atoms with Crippen LogP contribution in [0.1, 0.15) is 81.3 Å². The molecule has 2 saturated heterocycles. The van der Waals surface area contributed by atoms with Crippen LogP contribution in [-0.4, -0.2) is 78.9 Å². The lowest BCUT2D eigenvalue weighted by atomic mass is 9.91. The number of nitrogens with one attached hydrogen (secondary N) is 3. The molecule has 4 N–H and O–H groups in total. The van der Waals surface area contributed by atoms with Gasteiger partial charge in [0.25, 0.3) is 5.91 Å². The summed E-state index contributed by atoms with van der Waals surface area (Å²) in [5, 5.41) is 11.8. The van der Waals surface area contributed by atoms with Crippen molar-refractivity contribution in [3.8, 4) is 33.6 Å². The predicted octanol–water partition coefficient (Wildman–Crippen LogP) is 7.58. The molecule has 3 amide bonds. The number of imidazole rings is 2. The summed E-state index contributed by atoms with van der Waals surface area (Å²) >= 11 is 0. The highest BCUT2D eigenvalue weighted by Gasteiger charge is 2.39. The summed E-state index contributed by atoms with van der Waals surface area (Å²) in [5.41, 5.74) is 2.75. The number of carbonyl (C=O) groups excluding carboxylic acids is 3. The van der Waals surface area contributed by atoms with Gasteiger partial charge >= 0.3 is 12.1 Å². The van der Waals surface area contributed by atoms with Crippen molar-refractivity contribution >= 4 is 23.9 Å². The van der Waals surface area contributed by atoms with E-state index in [0.29, 0.717) is 72.1 Å². The summed E-state index contributed by atoms with van der Waals surface area (Å²) in [6.45, 7) is 4.73. The molecular formula is C43H45F2N7O6. The predicted molar refractivity (Wildman–Crippen MR) is 210 cm³/mol. The smallest absolute Gasteiger partial charge is 0.405 e. The average molecular weight is 794 g/mol. The van der Waals surface area contributed by atoms with E-state index in [1.165, 1.54) is 31.6 Å². The molecule has 7 rings (SSSR count). The number of halogens is 2. The first-order valence-electron chi connectivity index (χ1n) is 19.4. The van der Waals surface area contributed by atoms with Gasteiger partial charge in [-0.2, -0.15) is 0 Å². The van der Waals surface area contributed by atoms with E-state index >= 15 is 8.78 Å². The minimum absolute atomic E-state index is 0.0103. The topological polar surface area (TPSA) is 174 Å². The van der Waals surface area contributed by atoms with E-state index in [1.54, 1.807) is 64.4 Å². The van der Waals surface area contributed by atoms with Crippen molar-refractivity contribution in [2.75, 3.05) is 20.2 Å². The van der Waals surface area contributed by atoms with E-state index in [4.69, 9.17) is 4.74 Å². The van der Waals surface area contributed by atoms with E-state index in [-0.39, 0.29) is 35.4 Å². The zero-order chi connectivity index (χ0) is 41.1. The summed E-state index contributed by atoms with van der Waals surface area (Å²) < 4.78 is 36.3. The van der Waals surface area contributed by atoms with Gasteiger partial charge in [0.05, 0.1) is 55.3 Å². The van der Waals surface area contributed by atoms with Crippen LogP contribution < -0.4 is 5.32 Å². The van der Waals surface area contributed by atoms with E-state index in [0.717, 1.165) is 6.42 Å². The lowest BCUT2D eigenvalue weighted by Crippen LogP contribution is -2.42. The van der Waals surface area contributed by atoms with Crippen molar-refractivity contribution in [3.63, 3.8) is 0 Å². The lowest BCUT2D eigenvalue weighted by molar-refractivity contribution is -0.148. The number of rotatable bonds is 12. The summed E-state index contributed by atoms with van der Waals surface area (Å²) in [5.74, 6) is -1.72. The quantitative estimate of drug-likeness (QED) is 0.0936. The van der Waals surface area contributed by atoms with Crippen molar-refractivity contribution in [1.29, 1.82) is 0 Å². The number of H-pyrrole nitrogens is 2. The molecule has 15 heteroatoms. The fourth-order valence-electron chi connectivity index (χ4n) is 8.05. The standard InChI is InChI=1S/C43H45F2N7O6/c1-24(2)30(21-37(53)58-3)41(54)51-17-7-11-35(51)39-46-22-33(48-39)28-15-13-26(19-31(28)44)27-14-16-29(32(45)20-27)34-23-47-40(49-34)36-12-8-18-52(36)42(55)38(50-43(56)57)25-9-5-4-6-10-25/h4-6,9-10,13-16,19-20,22-24,30,35-36,38,50H,7-8,11-12,17-18,21H2,1-3H3,(H,46,48)(H,47,49)(H,56,57)/t30-,35-,36-,38+/m0/s1. The Bertz CT molecular complexity index is 2310. The number of ether oxygens (including phenoxy) is 1. The van der Waals surface area contributed by atoms with Gasteiger partial charge in [-0.3, -0.25) is 14.4 Å². The van der Waals surface area contributed by atoms with Gasteiger partial charge in [0.1, 0.15) is 29.3 Å². The van der Waals surface area contributed by atoms with Crippen LogP contribution in [0.4, 0.5) is 13.6 Å². The molecule has 0 bridgehead atoms. The Balaban J connectivity index is 1.05. The third-order valence-corrected chi connectivity index (χ3v) is 11.1. The molecule has 0 saturated carbocycles. The molecule has 0 unspecified atom stereocenters. The number of esters is 1. The summed E-state index contributed by atoms with van der Waals surface area (Å²) in [6, 6.07) is 15.9. The van der Waals surface area contributed by atoms with Crippen molar-refractivity contribution in [3.05, 3.63) is 108 Å². The molecule has 13 nitrogen and oxygen atoms in total. The molecule has 0 radical (unpaired) electrons. The third-order valence-electron chi connectivity index (χ3n) is 11.1. The molecule has 2 aliphatic rings. The number of carboxylic acid groups (broad SMARTS) is 1. The monoisotopic (exact) mass is 793 g/mol. The fourth-order valence-corrected chi connectivity index (χ4v) is 8.05. The highest BCUT2D eigenvalue weighted by molar-refractivity contribution is 5.87. The Morgan fingerprint density at radius 1 is 0.810 bits per heavy atom. The van der Waals surface area contributed by atoms with E-state index in [2.05, 4.69) is 25.3 Å². The second-order valence-corrected chi connectivity index (χ2v) is 15.1. The molecule has 2 aromatic heterocycles. The maximum atomic E-state index is 15.8. The number of aromatic amines is 2. The summed E-state index contributed by atoms with van der Waals surface area (Å²) in [4.78, 5) is 69.7. The number of benzene rings is 3. The van der Waals surface area contributed by atoms with Gasteiger partial charge in [-0.25, -0.2) is 23.5 Å². The highest BCUT2D eigenvalue weighted by atomic mass is 19.1. The SMILES string of the molecule is COC(=O)C[C@H](C(=O)N1CCC[C@H]1c1ncc(-c2ccc(-c3ccc(-c4cnc([C@@H]5CCCN5C(=O)[C@H](NC(=O)O)c5ccccc5)[nH]4)c(F)c3)cc2F)[nH]1)C(C)C. The van der Waals surface area contributed by atoms with Crippen molar-refractivity contribution in [2.45, 2.75) is 64.1 Å². The van der Waals surface area contributed by atoms with Crippen LogP contribution in [-0.2, 0) is 19.1 Å². The van der Waals surface area contributed by atoms with Crippen LogP contribution in [0.5, 0.6) is 0 Å². The second kappa shape index (κ2) is 17.0. The largest absolute Gasteiger partial charge is 0.469 e. The molecule has 0 spiro atoms. The number of likely N-dealkylation sites (tertiary alicyclic amines) is 2. The summed E-state index contributed by atoms with van der Waals surface area (Å²) in [6.07, 6.45) is 4.40. The van der Waals surface area contributed by atoms with Crippen molar-refractivity contribution in [2.24, 2.45) is 11.8 Å². The van der Waals surface area contributed by atoms with Crippen LogP contribution in [0.25, 0.3) is 33.6 Å². The zero-order valence-electron chi connectivity index (χ0n) is 32.4. The number of carbonyl (C=O) groups is 4. The molecule has 2 aliphatic heterocycles. The van der Waals surface area contributed by atoms with Gasteiger partial charge < -0.3 is 34.9 Å². The first kappa shape index (κ1) is 39.8. The highest BCUT2D eigenvalue weighted by Crippen LogP contribution is 2.37. The number of aromatic nitrogens is 4. The number of hydrogen-bond acceptors (Lipinski definition) is 7. The van der Waals surface area contributed by atoms with Gasteiger partial charge in [-0.1, -0.05) is 56.3 Å². The molecule has 5 aromatic rings. The maximum absolute atomic E-state index is 15.8. The number of hydrogen-bond donors (Lipinski definition) is 4. The van der Waals surface area contributed by atoms with Crippen LogP contribution in [0.15, 0.2) is 79.1 Å². The average Bonchev–Trinajstić information content (AvgIpc) is 4.05. The van der Waals surface area contributed by atoms with Crippen LogP contribution in [0.2, 0.25) is 0 Å². The Hall–Kier alpha value is -6.38. The zero-order valence-corrected chi connectivity index (χ0v) is 32.4. The van der Waals surface area contributed by atoms with Crippen molar-refractivity contribution < 1.29 is 37.8 Å². The van der Waals surface area contributed by atoms with Crippen LogP contribution in [0, 0.1) is 23.5 Å². The van der Waals surface area contributed by atoms with E-state index in [1.807, 2.05) is 13.8 Å². The van der Waals surface area contributed by atoms with Crippen LogP contribution >= 0.6 is 0 Å². The van der Waals surface area contributed by atoms with Gasteiger partial charge in [0.15, 0.2) is 0 Å². The Labute approximate surface area is 333 Å². The Morgan fingerprint density at radius 3 is 1.79 bits per heavy atom. The molecule has 3 aromatic carbocycles. The van der Waals surface area contributed by atoms with Gasteiger partial charge in [0.2, 0.25) is 5.91 Å². The minimum atomic E-state index is -1.32. The normalized spacial score (nSPS) is 17.7. The second-order valence-electron chi connectivity index (χ2n) is 15.1. The molecule has 4 atom stereocenters. The minimum Gasteiger partial charge on any atom is -0.469 e. The van der Waals surface area contributed by atoms with Crippen molar-refractivity contribution in [1.82, 2.24) is 35.1 Å². The Morgan fingerprint density at radius 2 is 1.33 bits per heavy atom. The lowest BCUT2D eigenvalue weighted by Gasteiger charge is -2.29. The molecular weight excluding hydrogens is 749 g/mol. The molecule has 302 valence electrons.